The van der Waals surface area contributed by atoms with Gasteiger partial charge in [-0.3, -0.25) is 0 Å². The predicted octanol–water partition coefficient (Wildman–Crippen LogP) is 9.38. The van der Waals surface area contributed by atoms with Crippen molar-refractivity contribution in [3.8, 4) is 16.9 Å². The minimum atomic E-state index is -2.79. The average molecular weight is 451 g/mol. The molecule has 0 N–H and O–H groups in total. The lowest BCUT2D eigenvalue weighted by Gasteiger charge is -2.23. The number of hydrogen-bond donors (Lipinski definition) is 0. The molecule has 0 amide bonds. The first kappa shape index (κ1) is 25.0. The number of alkyl halides is 2. The molecule has 3 heteroatoms. The van der Waals surface area contributed by atoms with Crippen LogP contribution in [-0.2, 0) is 5.41 Å². The van der Waals surface area contributed by atoms with Gasteiger partial charge in [0.05, 0.1) is 0 Å². The highest BCUT2D eigenvalue weighted by atomic mass is 19.3. The molecule has 0 unspecified atom stereocenters. The van der Waals surface area contributed by atoms with Gasteiger partial charge in [-0.05, 0) is 65.0 Å². The SMILES string of the molecule is CCC(C)(C)c1ccccc1.FC(F)Oc1cc(-c2ccccc2)cc(C2CCCCC2)c1. The first-order chi connectivity index (χ1) is 15.9. The summed E-state index contributed by atoms with van der Waals surface area (Å²) in [7, 11) is 0. The van der Waals surface area contributed by atoms with Gasteiger partial charge in [-0.25, -0.2) is 0 Å². The number of benzene rings is 3. The van der Waals surface area contributed by atoms with E-state index in [0.717, 1.165) is 29.5 Å². The summed E-state index contributed by atoms with van der Waals surface area (Å²) in [5.74, 6) is 0.717. The van der Waals surface area contributed by atoms with E-state index in [0.29, 0.717) is 11.3 Å². The van der Waals surface area contributed by atoms with Crippen molar-refractivity contribution in [3.63, 3.8) is 0 Å². The monoisotopic (exact) mass is 450 g/mol. The molecule has 1 aliphatic carbocycles. The van der Waals surface area contributed by atoms with Crippen LogP contribution in [0.5, 0.6) is 5.75 Å². The first-order valence-corrected chi connectivity index (χ1v) is 12.1. The Kier molecular flexibility index (Phi) is 9.05. The lowest BCUT2D eigenvalue weighted by atomic mass is 9.82. The van der Waals surface area contributed by atoms with E-state index in [-0.39, 0.29) is 5.75 Å². The van der Waals surface area contributed by atoms with Gasteiger partial charge in [-0.2, -0.15) is 8.78 Å². The third-order valence-corrected chi connectivity index (χ3v) is 6.78. The molecular formula is C30H36F2O. The van der Waals surface area contributed by atoms with Crippen LogP contribution in [0.1, 0.15) is 76.3 Å². The summed E-state index contributed by atoms with van der Waals surface area (Å²) in [4.78, 5) is 0. The molecule has 1 saturated carbocycles. The molecule has 1 fully saturated rings. The topological polar surface area (TPSA) is 9.23 Å². The van der Waals surface area contributed by atoms with E-state index in [4.69, 9.17) is 0 Å². The normalized spacial score (nSPS) is 14.5. The third kappa shape index (κ3) is 7.42. The molecule has 0 saturated heterocycles. The van der Waals surface area contributed by atoms with E-state index in [1.54, 1.807) is 12.1 Å². The minimum absolute atomic E-state index is 0.261. The Balaban J connectivity index is 0.000000235. The van der Waals surface area contributed by atoms with E-state index in [1.165, 1.54) is 31.2 Å². The largest absolute Gasteiger partial charge is 0.435 e. The Bertz CT molecular complexity index is 961. The molecule has 3 aromatic rings. The summed E-state index contributed by atoms with van der Waals surface area (Å²) in [6.45, 7) is 4.00. The van der Waals surface area contributed by atoms with Crippen molar-refractivity contribution in [1.82, 2.24) is 0 Å². The molecule has 176 valence electrons. The van der Waals surface area contributed by atoms with Crippen molar-refractivity contribution in [2.45, 2.75) is 77.2 Å². The maximum Gasteiger partial charge on any atom is 0.387 e. The zero-order valence-electron chi connectivity index (χ0n) is 20.1. The second kappa shape index (κ2) is 12.0. The minimum Gasteiger partial charge on any atom is -0.435 e. The van der Waals surface area contributed by atoms with Crippen LogP contribution in [0.3, 0.4) is 0 Å². The van der Waals surface area contributed by atoms with Crippen LogP contribution < -0.4 is 4.74 Å². The summed E-state index contributed by atoms with van der Waals surface area (Å²) in [5, 5.41) is 0. The van der Waals surface area contributed by atoms with Crippen LogP contribution >= 0.6 is 0 Å². The molecule has 0 aliphatic heterocycles. The first-order valence-electron chi connectivity index (χ1n) is 12.1. The Hall–Kier alpha value is -2.68. The highest BCUT2D eigenvalue weighted by molar-refractivity contribution is 5.66. The summed E-state index contributed by atoms with van der Waals surface area (Å²) in [6.07, 6.45) is 7.15. The van der Waals surface area contributed by atoms with Crippen LogP contribution in [-0.4, -0.2) is 6.61 Å². The summed E-state index contributed by atoms with van der Waals surface area (Å²) >= 11 is 0. The predicted molar refractivity (Wildman–Crippen MR) is 134 cm³/mol. The molecule has 0 bridgehead atoms. The smallest absolute Gasteiger partial charge is 0.387 e. The van der Waals surface area contributed by atoms with Crippen molar-refractivity contribution < 1.29 is 13.5 Å². The standard InChI is InChI=1S/C19H20F2O.C11H16/c20-19(21)22-18-12-16(14-7-3-1-4-8-14)11-17(13-18)15-9-5-2-6-10-15;1-4-11(2,3)10-8-6-5-7-9-10/h1,3-4,7-8,11-13,15,19H,2,5-6,9-10H2;5-9H,4H2,1-3H3. The van der Waals surface area contributed by atoms with Crippen LogP contribution in [0.2, 0.25) is 0 Å². The van der Waals surface area contributed by atoms with Crippen LogP contribution in [0.4, 0.5) is 8.78 Å². The molecule has 1 nitrogen and oxygen atoms in total. The van der Waals surface area contributed by atoms with Gasteiger partial charge in [0, 0.05) is 0 Å². The van der Waals surface area contributed by atoms with Crippen molar-refractivity contribution in [1.29, 1.82) is 0 Å². The number of halogens is 2. The van der Waals surface area contributed by atoms with Crippen molar-refractivity contribution in [3.05, 3.63) is 90.0 Å². The van der Waals surface area contributed by atoms with Gasteiger partial charge in [0.15, 0.2) is 0 Å². The summed E-state index contributed by atoms with van der Waals surface area (Å²) < 4.78 is 29.9. The maximum atomic E-state index is 12.6. The van der Waals surface area contributed by atoms with E-state index in [9.17, 15) is 8.78 Å². The molecule has 0 heterocycles. The highest BCUT2D eigenvalue weighted by Gasteiger charge is 2.18. The highest BCUT2D eigenvalue weighted by Crippen LogP contribution is 2.37. The fourth-order valence-electron chi connectivity index (χ4n) is 4.36. The van der Waals surface area contributed by atoms with E-state index in [2.05, 4.69) is 61.9 Å². The maximum absolute atomic E-state index is 12.6. The third-order valence-electron chi connectivity index (χ3n) is 6.78. The lowest BCUT2D eigenvalue weighted by Crippen LogP contribution is -2.14. The molecular weight excluding hydrogens is 414 g/mol. The Morgan fingerprint density at radius 2 is 1.42 bits per heavy atom. The van der Waals surface area contributed by atoms with E-state index < -0.39 is 6.61 Å². The van der Waals surface area contributed by atoms with Crippen LogP contribution in [0.15, 0.2) is 78.9 Å². The number of rotatable bonds is 6. The van der Waals surface area contributed by atoms with E-state index in [1.807, 2.05) is 30.3 Å². The Morgan fingerprint density at radius 1 is 0.818 bits per heavy atom. The van der Waals surface area contributed by atoms with Crippen molar-refractivity contribution in [2.75, 3.05) is 0 Å². The van der Waals surface area contributed by atoms with Crippen LogP contribution in [0, 0.1) is 0 Å². The zero-order chi connectivity index (χ0) is 23.7. The molecule has 4 rings (SSSR count). The fraction of sp³-hybridized carbons (Fsp3) is 0.400. The number of ether oxygens (including phenoxy) is 1. The molecule has 33 heavy (non-hydrogen) atoms. The molecule has 0 atom stereocenters. The van der Waals surface area contributed by atoms with Gasteiger partial charge in [0.2, 0.25) is 0 Å². The molecule has 3 aromatic carbocycles. The Morgan fingerprint density at radius 3 is 2.00 bits per heavy atom. The average Bonchev–Trinajstić information content (AvgIpc) is 2.85. The second-order valence-corrected chi connectivity index (χ2v) is 9.47. The number of hydrogen-bond acceptors (Lipinski definition) is 1. The van der Waals surface area contributed by atoms with Gasteiger partial charge in [-0.15, -0.1) is 0 Å². The molecule has 0 spiro atoms. The van der Waals surface area contributed by atoms with Crippen LogP contribution in [0.25, 0.3) is 11.1 Å². The van der Waals surface area contributed by atoms with Gasteiger partial charge < -0.3 is 4.74 Å². The summed E-state index contributed by atoms with van der Waals surface area (Å²) in [6, 6.07) is 26.1. The fourth-order valence-corrected chi connectivity index (χ4v) is 4.36. The van der Waals surface area contributed by atoms with E-state index >= 15 is 0 Å². The Labute approximate surface area is 197 Å². The second-order valence-electron chi connectivity index (χ2n) is 9.47. The van der Waals surface area contributed by atoms with Gasteiger partial charge in [0.1, 0.15) is 5.75 Å². The zero-order valence-corrected chi connectivity index (χ0v) is 20.1. The van der Waals surface area contributed by atoms with Crippen molar-refractivity contribution in [2.24, 2.45) is 0 Å². The lowest BCUT2D eigenvalue weighted by molar-refractivity contribution is -0.0498. The summed E-state index contributed by atoms with van der Waals surface area (Å²) in [5.41, 5.74) is 4.86. The van der Waals surface area contributed by atoms with Gasteiger partial charge in [0.25, 0.3) is 0 Å². The molecule has 0 aromatic heterocycles. The molecule has 1 aliphatic rings. The molecule has 0 radical (unpaired) electrons. The quantitative estimate of drug-likeness (QED) is 0.363. The van der Waals surface area contributed by atoms with Gasteiger partial charge in [-0.1, -0.05) is 107 Å². The van der Waals surface area contributed by atoms with Gasteiger partial charge >= 0.3 is 6.61 Å². The van der Waals surface area contributed by atoms with Crippen molar-refractivity contribution >= 4 is 0 Å².